The molecule has 0 fully saturated rings. The zero-order valence-electron chi connectivity index (χ0n) is 16.1. The third-order valence-corrected chi connectivity index (χ3v) is 4.91. The molecule has 6 nitrogen and oxygen atoms in total. The van der Waals surface area contributed by atoms with Crippen molar-refractivity contribution in [3.8, 4) is 0 Å². The van der Waals surface area contributed by atoms with Gasteiger partial charge in [-0.1, -0.05) is 0 Å². The molecule has 3 N–H and O–H groups in total. The maximum absolute atomic E-state index is 4.72. The quantitative estimate of drug-likeness (QED) is 0.536. The number of hydrogen-bond acceptors (Lipinski definition) is 5. The number of nitrogens with one attached hydrogen (secondary N) is 3. The molecule has 0 aromatic carbocycles. The molecule has 8 bridgehead atoms. The minimum Gasteiger partial charge on any atom is -0.355 e. The topological polar surface area (TPSA) is 76.9 Å². The minimum absolute atomic E-state index is 0. The standard InChI is InChI=1S/C23H16N6.Zn/c1-2-15-10-17-5-6-19(28-17)13-22-21(23-24-7-8-25-23)12-20(29-22)11-18-4-3-16(27-18)9-14(1)26-15;/h1-13,24-25,29H;. The van der Waals surface area contributed by atoms with Crippen LogP contribution in [0.5, 0.6) is 0 Å². The van der Waals surface area contributed by atoms with E-state index in [-0.39, 0.29) is 19.5 Å². The van der Waals surface area contributed by atoms with E-state index in [1.54, 1.807) is 0 Å². The van der Waals surface area contributed by atoms with Crippen LogP contribution in [0.3, 0.4) is 0 Å². The zero-order chi connectivity index (χ0) is 19.2. The predicted octanol–water partition coefficient (Wildman–Crippen LogP) is 1.68. The molecule has 0 saturated carbocycles. The van der Waals surface area contributed by atoms with Gasteiger partial charge in [-0.3, -0.25) is 0 Å². The summed E-state index contributed by atoms with van der Waals surface area (Å²) in [5.74, 6) is 0.932. The van der Waals surface area contributed by atoms with Crippen molar-refractivity contribution in [2.24, 2.45) is 15.0 Å². The van der Waals surface area contributed by atoms with E-state index in [1.165, 1.54) is 0 Å². The van der Waals surface area contributed by atoms with Crippen LogP contribution in [0.15, 0.2) is 99.1 Å². The average molecular weight is 442 g/mol. The van der Waals surface area contributed by atoms with E-state index in [4.69, 9.17) is 9.98 Å². The summed E-state index contributed by atoms with van der Waals surface area (Å²) >= 11 is 0. The van der Waals surface area contributed by atoms with Gasteiger partial charge >= 0.3 is 0 Å². The number of aromatic amines is 1. The molecule has 0 spiro atoms. The number of H-pyrrole nitrogens is 1. The van der Waals surface area contributed by atoms with Gasteiger partial charge in [-0.2, -0.15) is 0 Å². The molecule has 5 aliphatic rings. The summed E-state index contributed by atoms with van der Waals surface area (Å²) < 4.78 is 0. The smallest absolute Gasteiger partial charge is 0.116 e. The van der Waals surface area contributed by atoms with Crippen LogP contribution in [0.25, 0.3) is 18.0 Å². The Morgan fingerprint density at radius 3 is 1.73 bits per heavy atom. The summed E-state index contributed by atoms with van der Waals surface area (Å²) in [5, 5.41) is 8.49. The van der Waals surface area contributed by atoms with Gasteiger partial charge in [0, 0.05) is 42.8 Å². The van der Waals surface area contributed by atoms with Crippen LogP contribution in [0.4, 0.5) is 0 Å². The van der Waals surface area contributed by atoms with E-state index < -0.39 is 0 Å². The first-order valence-electron chi connectivity index (χ1n) is 9.37. The van der Waals surface area contributed by atoms with Crippen molar-refractivity contribution >= 4 is 35.1 Å². The maximum Gasteiger partial charge on any atom is 0.116 e. The number of hydrogen-bond donors (Lipinski definition) is 3. The third-order valence-electron chi connectivity index (χ3n) is 4.91. The Morgan fingerprint density at radius 2 is 1.13 bits per heavy atom. The number of nitrogens with zero attached hydrogens (tertiary/aromatic N) is 3. The van der Waals surface area contributed by atoms with Gasteiger partial charge in [-0.15, -0.1) is 0 Å². The minimum atomic E-state index is 0. The van der Waals surface area contributed by atoms with E-state index in [2.05, 4.69) is 26.7 Å². The molecule has 1 aromatic rings. The van der Waals surface area contributed by atoms with Crippen molar-refractivity contribution < 1.29 is 19.5 Å². The number of rotatable bonds is 0. The Bertz CT molecular complexity index is 1370. The predicted molar refractivity (Wildman–Crippen MR) is 117 cm³/mol. The molecule has 140 valence electrons. The van der Waals surface area contributed by atoms with Gasteiger partial charge in [0.05, 0.1) is 39.6 Å². The van der Waals surface area contributed by atoms with Crippen LogP contribution in [0, 0.1) is 0 Å². The monoisotopic (exact) mass is 440 g/mol. The fraction of sp³-hybridized carbons (Fsp3) is 0. The Kier molecular flexibility index (Phi) is 4.53. The van der Waals surface area contributed by atoms with E-state index in [0.717, 1.165) is 56.3 Å². The van der Waals surface area contributed by atoms with E-state index >= 15 is 0 Å². The fourth-order valence-corrected chi connectivity index (χ4v) is 3.61. The summed E-state index contributed by atoms with van der Waals surface area (Å²) in [6, 6.07) is 2.10. The molecule has 30 heavy (non-hydrogen) atoms. The molecule has 6 rings (SSSR count). The van der Waals surface area contributed by atoms with Gasteiger partial charge in [-0.05, 0) is 66.8 Å². The molecule has 7 heteroatoms. The van der Waals surface area contributed by atoms with Crippen molar-refractivity contribution in [3.05, 3.63) is 100 Å². The number of aromatic nitrogens is 1. The Balaban J connectivity index is 0.00000193. The van der Waals surface area contributed by atoms with Crippen LogP contribution in [-0.2, 0) is 19.5 Å². The number of fused-ring (bicyclic) bond motifs is 5. The fourth-order valence-electron chi connectivity index (χ4n) is 3.61. The van der Waals surface area contributed by atoms with Gasteiger partial charge < -0.3 is 15.6 Å². The first-order chi connectivity index (χ1) is 14.3. The summed E-state index contributed by atoms with van der Waals surface area (Å²) in [6.45, 7) is 0. The molecule has 5 aliphatic heterocycles. The maximum atomic E-state index is 4.72. The second-order valence-corrected chi connectivity index (χ2v) is 7.01. The van der Waals surface area contributed by atoms with Crippen molar-refractivity contribution in [2.45, 2.75) is 0 Å². The van der Waals surface area contributed by atoms with Crippen LogP contribution in [0.2, 0.25) is 0 Å². The van der Waals surface area contributed by atoms with E-state index in [9.17, 15) is 0 Å². The first kappa shape index (κ1) is 18.5. The van der Waals surface area contributed by atoms with E-state index in [0.29, 0.717) is 0 Å². The van der Waals surface area contributed by atoms with E-state index in [1.807, 2.05) is 73.2 Å². The normalized spacial score (nSPS) is 19.8. The largest absolute Gasteiger partial charge is 0.355 e. The van der Waals surface area contributed by atoms with Crippen LogP contribution in [0.1, 0.15) is 5.69 Å². The molecular weight excluding hydrogens is 426 g/mol. The Morgan fingerprint density at radius 1 is 0.600 bits per heavy atom. The molecular formula is C23H16N6Zn. The Labute approximate surface area is 185 Å². The number of aliphatic imine (C=N–C) groups is 3. The van der Waals surface area contributed by atoms with Gasteiger partial charge in [0.2, 0.25) is 0 Å². The third kappa shape index (κ3) is 3.44. The SMILES string of the molecule is C1=CNC(=c2cc3[nH]c2=CC2=NC(=CC4=NC(=CC5=NC(=C3)C=C5)C=C4)C=C2)N1.[Zn]. The second kappa shape index (κ2) is 7.36. The molecule has 6 heterocycles. The van der Waals surface area contributed by atoms with Gasteiger partial charge in [0.25, 0.3) is 0 Å². The van der Waals surface area contributed by atoms with Crippen molar-refractivity contribution in [3.63, 3.8) is 0 Å². The molecule has 0 amide bonds. The summed E-state index contributed by atoms with van der Waals surface area (Å²) in [4.78, 5) is 17.5. The molecule has 0 radical (unpaired) electrons. The summed E-state index contributed by atoms with van der Waals surface area (Å²) in [6.07, 6.45) is 23.8. The van der Waals surface area contributed by atoms with Crippen LogP contribution >= 0.6 is 0 Å². The molecule has 0 atom stereocenters. The molecule has 0 unspecified atom stereocenters. The van der Waals surface area contributed by atoms with Gasteiger partial charge in [0.1, 0.15) is 5.82 Å². The van der Waals surface area contributed by atoms with Crippen molar-refractivity contribution in [1.82, 2.24) is 15.6 Å². The van der Waals surface area contributed by atoms with Crippen LogP contribution < -0.4 is 21.2 Å². The second-order valence-electron chi connectivity index (χ2n) is 7.01. The van der Waals surface area contributed by atoms with Crippen LogP contribution in [-0.4, -0.2) is 22.1 Å². The molecule has 0 aliphatic carbocycles. The van der Waals surface area contributed by atoms with Gasteiger partial charge in [0.15, 0.2) is 0 Å². The zero-order valence-corrected chi connectivity index (χ0v) is 19.0. The summed E-state index contributed by atoms with van der Waals surface area (Å²) in [7, 11) is 0. The molecule has 1 aromatic heterocycles. The molecule has 0 saturated heterocycles. The average Bonchev–Trinajstić information content (AvgIpc) is 3.50. The van der Waals surface area contributed by atoms with Crippen molar-refractivity contribution in [1.29, 1.82) is 0 Å². The first-order valence-corrected chi connectivity index (χ1v) is 9.37. The Hall–Kier alpha value is -3.57. The summed E-state index contributed by atoms with van der Waals surface area (Å²) in [5.41, 5.74) is 6.29. The van der Waals surface area contributed by atoms with Crippen molar-refractivity contribution in [2.75, 3.05) is 0 Å². The number of allylic oxidation sites excluding steroid dienone is 8. The van der Waals surface area contributed by atoms with Gasteiger partial charge in [-0.25, -0.2) is 15.0 Å².